The minimum atomic E-state index is -0.937. The predicted octanol–water partition coefficient (Wildman–Crippen LogP) is 5.70. The van der Waals surface area contributed by atoms with Crippen LogP contribution in [0.5, 0.6) is 5.75 Å². The van der Waals surface area contributed by atoms with Gasteiger partial charge in [-0.05, 0) is 63.6 Å². The van der Waals surface area contributed by atoms with Crippen molar-refractivity contribution >= 4 is 17.9 Å². The Morgan fingerprint density at radius 2 is 1.68 bits per heavy atom. The van der Waals surface area contributed by atoms with Crippen LogP contribution in [0.3, 0.4) is 0 Å². The van der Waals surface area contributed by atoms with E-state index in [1.807, 2.05) is 13.8 Å². The first-order valence-corrected chi connectivity index (χ1v) is 13.8. The summed E-state index contributed by atoms with van der Waals surface area (Å²) in [5.41, 5.74) is -0.183. The van der Waals surface area contributed by atoms with Crippen molar-refractivity contribution in [2.75, 3.05) is 13.1 Å². The monoisotopic (exact) mass is 519 g/mol. The largest absolute Gasteiger partial charge is 0.508 e. The van der Waals surface area contributed by atoms with E-state index in [9.17, 15) is 19.5 Å². The van der Waals surface area contributed by atoms with Gasteiger partial charge in [-0.15, -0.1) is 0 Å². The first-order chi connectivity index (χ1) is 17.4. The fourth-order valence-corrected chi connectivity index (χ4v) is 4.09. The summed E-state index contributed by atoms with van der Waals surface area (Å²) in [4.78, 5) is 41.8. The first kappa shape index (κ1) is 32.3. The summed E-state index contributed by atoms with van der Waals surface area (Å²) in [6.07, 6.45) is 5.14. The lowest BCUT2D eigenvalue weighted by Crippen LogP contribution is -2.53. The number of nitrogens with one attached hydrogen (secondary N) is 2. The van der Waals surface area contributed by atoms with E-state index in [-0.39, 0.29) is 23.5 Å². The zero-order chi connectivity index (χ0) is 28.0. The molecule has 0 aromatic heterocycles. The summed E-state index contributed by atoms with van der Waals surface area (Å²) < 4.78 is 5.43. The highest BCUT2D eigenvalue weighted by Crippen LogP contribution is 2.27. The molecule has 3 N–H and O–H groups in total. The fourth-order valence-electron chi connectivity index (χ4n) is 4.09. The molecule has 37 heavy (non-hydrogen) atoms. The van der Waals surface area contributed by atoms with Crippen LogP contribution in [0.15, 0.2) is 24.3 Å². The molecule has 0 aliphatic heterocycles. The average molecular weight is 520 g/mol. The molecule has 1 rings (SSSR count). The second kappa shape index (κ2) is 16.2. The van der Waals surface area contributed by atoms with Gasteiger partial charge in [0.25, 0.3) is 0 Å². The number of phenolic OH excluding ortho intramolecular Hbond substituents is 1. The Morgan fingerprint density at radius 1 is 1.03 bits per heavy atom. The number of hydrogen-bond donors (Lipinski definition) is 3. The number of aromatic hydroxyl groups is 1. The smallest absolute Gasteiger partial charge is 0.408 e. The summed E-state index contributed by atoms with van der Waals surface area (Å²) in [7, 11) is 0. The van der Waals surface area contributed by atoms with Crippen molar-refractivity contribution in [1.82, 2.24) is 15.5 Å². The maximum atomic E-state index is 14.1. The van der Waals surface area contributed by atoms with E-state index in [1.165, 1.54) is 12.1 Å². The van der Waals surface area contributed by atoms with Crippen molar-refractivity contribution < 1.29 is 24.2 Å². The third-order valence-corrected chi connectivity index (χ3v) is 5.81. The minimum absolute atomic E-state index is 0.0212. The number of amides is 3. The number of rotatable bonds is 15. The summed E-state index contributed by atoms with van der Waals surface area (Å²) in [5, 5.41) is 15.9. The van der Waals surface area contributed by atoms with Gasteiger partial charge in [-0.1, -0.05) is 65.5 Å². The van der Waals surface area contributed by atoms with Crippen LogP contribution in [0.2, 0.25) is 0 Å². The maximum Gasteiger partial charge on any atom is 0.408 e. The molecular weight excluding hydrogens is 470 g/mol. The molecule has 2 atom stereocenters. The molecule has 8 heteroatoms. The summed E-state index contributed by atoms with van der Waals surface area (Å²) in [6, 6.07) is 4.68. The van der Waals surface area contributed by atoms with Crippen LogP contribution < -0.4 is 10.6 Å². The molecule has 0 fully saturated rings. The number of nitrogens with zero attached hydrogens (tertiary/aromatic N) is 1. The van der Waals surface area contributed by atoms with Crippen molar-refractivity contribution in [1.29, 1.82) is 0 Å². The normalized spacial score (nSPS) is 13.1. The van der Waals surface area contributed by atoms with E-state index >= 15 is 0 Å². The van der Waals surface area contributed by atoms with Gasteiger partial charge in [-0.3, -0.25) is 9.59 Å². The number of unbranched alkanes of at least 4 members (excludes halogenated alkanes) is 4. The van der Waals surface area contributed by atoms with Gasteiger partial charge >= 0.3 is 6.09 Å². The molecule has 1 aromatic rings. The molecule has 3 amide bonds. The van der Waals surface area contributed by atoms with Crippen molar-refractivity contribution in [2.24, 2.45) is 5.92 Å². The Kier molecular flexibility index (Phi) is 14.1. The Hall–Kier alpha value is -2.77. The molecule has 2 unspecified atom stereocenters. The van der Waals surface area contributed by atoms with E-state index < -0.39 is 23.8 Å². The maximum absolute atomic E-state index is 14.1. The van der Waals surface area contributed by atoms with Crippen LogP contribution in [0, 0.1) is 5.92 Å². The van der Waals surface area contributed by atoms with Crippen LogP contribution in [0.4, 0.5) is 4.79 Å². The van der Waals surface area contributed by atoms with Gasteiger partial charge < -0.3 is 25.4 Å². The zero-order valence-electron chi connectivity index (χ0n) is 23.9. The third-order valence-electron chi connectivity index (χ3n) is 5.81. The van der Waals surface area contributed by atoms with Crippen molar-refractivity contribution in [2.45, 2.75) is 111 Å². The fraction of sp³-hybridized carbons (Fsp3) is 0.690. The lowest BCUT2D eigenvalue weighted by Gasteiger charge is -2.35. The molecule has 0 bridgehead atoms. The molecule has 0 radical (unpaired) electrons. The third kappa shape index (κ3) is 12.3. The average Bonchev–Trinajstić information content (AvgIpc) is 2.79. The molecule has 0 aliphatic rings. The molecule has 1 aromatic carbocycles. The number of alkyl carbamates (subject to hydrolysis) is 1. The Balaban J connectivity index is 3.41. The standard InChI is InChI=1S/C29H49N3O5/c1-8-10-12-17-30-26(34)25(22-15-14-16-23(33)20-22)32(18-13-11-9-2)27(35)24(19-21(3)4)31-28(36)37-29(5,6)7/h14-16,20-21,24-25,33H,8-13,17-19H2,1-7H3,(H,30,34)(H,31,36). The molecule has 210 valence electrons. The summed E-state index contributed by atoms with van der Waals surface area (Å²) in [6.45, 7) is 14.3. The molecular formula is C29H49N3O5. The van der Waals surface area contributed by atoms with Gasteiger partial charge in [0.15, 0.2) is 0 Å². The van der Waals surface area contributed by atoms with Crippen LogP contribution >= 0.6 is 0 Å². The predicted molar refractivity (Wildman–Crippen MR) is 147 cm³/mol. The zero-order valence-corrected chi connectivity index (χ0v) is 23.9. The van der Waals surface area contributed by atoms with Gasteiger partial charge in [0, 0.05) is 13.1 Å². The van der Waals surface area contributed by atoms with Crippen molar-refractivity contribution in [3.63, 3.8) is 0 Å². The first-order valence-electron chi connectivity index (χ1n) is 13.8. The van der Waals surface area contributed by atoms with Crippen LogP contribution in [-0.4, -0.2) is 52.6 Å². The van der Waals surface area contributed by atoms with E-state index in [0.717, 1.165) is 32.1 Å². The van der Waals surface area contributed by atoms with Crippen molar-refractivity contribution in [3.05, 3.63) is 29.8 Å². The van der Waals surface area contributed by atoms with Gasteiger partial charge in [0.05, 0.1) is 0 Å². The highest BCUT2D eigenvalue weighted by Gasteiger charge is 2.36. The Morgan fingerprint density at radius 3 is 2.24 bits per heavy atom. The lowest BCUT2D eigenvalue weighted by atomic mass is 9.98. The van der Waals surface area contributed by atoms with Gasteiger partial charge in [0.1, 0.15) is 23.4 Å². The van der Waals surface area contributed by atoms with Gasteiger partial charge in [-0.2, -0.15) is 0 Å². The second-order valence-corrected chi connectivity index (χ2v) is 11.1. The second-order valence-electron chi connectivity index (χ2n) is 11.1. The summed E-state index contributed by atoms with van der Waals surface area (Å²) in [5.74, 6) is -0.504. The molecule has 0 saturated carbocycles. The van der Waals surface area contributed by atoms with Crippen LogP contribution in [-0.2, 0) is 14.3 Å². The number of benzene rings is 1. The van der Waals surface area contributed by atoms with E-state index in [0.29, 0.717) is 31.5 Å². The molecule has 0 spiro atoms. The Labute approximate surface area is 223 Å². The Bertz CT molecular complexity index is 850. The summed E-state index contributed by atoms with van der Waals surface area (Å²) >= 11 is 0. The number of ether oxygens (including phenoxy) is 1. The number of carbonyl (C=O) groups is 3. The van der Waals surface area contributed by atoms with Crippen LogP contribution in [0.1, 0.15) is 105 Å². The van der Waals surface area contributed by atoms with Gasteiger partial charge in [0.2, 0.25) is 11.8 Å². The highest BCUT2D eigenvalue weighted by molar-refractivity contribution is 5.92. The molecule has 0 saturated heterocycles. The number of hydrogen-bond acceptors (Lipinski definition) is 5. The lowest BCUT2D eigenvalue weighted by molar-refractivity contribution is -0.143. The molecule has 0 heterocycles. The van der Waals surface area contributed by atoms with E-state index in [1.54, 1.807) is 37.8 Å². The number of carbonyl (C=O) groups excluding carboxylic acids is 3. The number of phenols is 1. The van der Waals surface area contributed by atoms with E-state index in [2.05, 4.69) is 24.5 Å². The topological polar surface area (TPSA) is 108 Å². The van der Waals surface area contributed by atoms with E-state index in [4.69, 9.17) is 4.74 Å². The molecule has 0 aliphatic carbocycles. The molecule has 8 nitrogen and oxygen atoms in total. The quantitative estimate of drug-likeness (QED) is 0.258. The van der Waals surface area contributed by atoms with Gasteiger partial charge in [-0.25, -0.2) is 4.79 Å². The SMILES string of the molecule is CCCCCNC(=O)C(c1cccc(O)c1)N(CCCCC)C(=O)C(CC(C)C)NC(=O)OC(C)(C)C. The highest BCUT2D eigenvalue weighted by atomic mass is 16.6. The minimum Gasteiger partial charge on any atom is -0.508 e. The van der Waals surface area contributed by atoms with Crippen molar-refractivity contribution in [3.8, 4) is 5.75 Å². The van der Waals surface area contributed by atoms with Crippen LogP contribution in [0.25, 0.3) is 0 Å².